The van der Waals surface area contributed by atoms with Crippen LogP contribution in [0.5, 0.6) is 0 Å². The van der Waals surface area contributed by atoms with Gasteiger partial charge in [-0.15, -0.1) is 0 Å². The molecule has 0 aromatic carbocycles. The lowest BCUT2D eigenvalue weighted by Crippen LogP contribution is -2.21. The minimum atomic E-state index is -0.190. The first kappa shape index (κ1) is 9.44. The molecule has 0 aliphatic carbocycles. The zero-order valence-electron chi connectivity index (χ0n) is 6.50. The van der Waals surface area contributed by atoms with Crippen molar-refractivity contribution < 1.29 is 0 Å². The summed E-state index contributed by atoms with van der Waals surface area (Å²) in [5.74, 6) is 0.456. The van der Waals surface area contributed by atoms with Crippen LogP contribution in [0.25, 0.3) is 0 Å². The van der Waals surface area contributed by atoms with Gasteiger partial charge >= 0.3 is 0 Å². The summed E-state index contributed by atoms with van der Waals surface area (Å²) in [5, 5.41) is 0. The molecule has 66 valence electrons. The molecule has 0 saturated carbocycles. The van der Waals surface area contributed by atoms with E-state index in [1.54, 1.807) is 12.3 Å². The van der Waals surface area contributed by atoms with Crippen LogP contribution in [0.2, 0.25) is 0 Å². The van der Waals surface area contributed by atoms with E-state index < -0.39 is 0 Å². The Hall–Kier alpha value is -0.650. The lowest BCUT2D eigenvalue weighted by atomic mass is 10.1. The van der Waals surface area contributed by atoms with Gasteiger partial charge in [0.15, 0.2) is 0 Å². The summed E-state index contributed by atoms with van der Waals surface area (Å²) in [6.07, 6.45) is 1.63. The predicted octanol–water partition coefficient (Wildman–Crippen LogP) is 0.385. The standard InChI is InChI=1S/C7H11BrN4/c8-5-3-12-7(11)1-4(5)6(10)2-9/h1,3,6H,2,9-10H2,(H2,11,12). The number of nitrogen functional groups attached to an aromatic ring is 1. The van der Waals surface area contributed by atoms with Crippen LogP contribution in [0.4, 0.5) is 5.82 Å². The van der Waals surface area contributed by atoms with E-state index in [0.717, 1.165) is 10.0 Å². The minimum Gasteiger partial charge on any atom is -0.384 e. The monoisotopic (exact) mass is 230 g/mol. The lowest BCUT2D eigenvalue weighted by molar-refractivity contribution is 0.732. The van der Waals surface area contributed by atoms with Crippen molar-refractivity contribution in [1.82, 2.24) is 4.98 Å². The van der Waals surface area contributed by atoms with Gasteiger partial charge in [0.05, 0.1) is 0 Å². The zero-order valence-corrected chi connectivity index (χ0v) is 8.08. The van der Waals surface area contributed by atoms with Crippen LogP contribution >= 0.6 is 15.9 Å². The number of halogens is 1. The van der Waals surface area contributed by atoms with E-state index in [2.05, 4.69) is 20.9 Å². The summed E-state index contributed by atoms with van der Waals surface area (Å²) < 4.78 is 0.842. The third-order valence-corrected chi connectivity index (χ3v) is 2.22. The second kappa shape index (κ2) is 3.84. The number of aromatic nitrogens is 1. The first-order chi connectivity index (χ1) is 5.65. The maximum Gasteiger partial charge on any atom is 0.123 e. The summed E-state index contributed by atoms with van der Waals surface area (Å²) in [4.78, 5) is 3.89. The fraction of sp³-hybridized carbons (Fsp3) is 0.286. The van der Waals surface area contributed by atoms with Gasteiger partial charge in [0, 0.05) is 23.3 Å². The van der Waals surface area contributed by atoms with Crippen LogP contribution in [-0.4, -0.2) is 11.5 Å². The highest BCUT2D eigenvalue weighted by Gasteiger charge is 2.08. The van der Waals surface area contributed by atoms with Crippen molar-refractivity contribution in [3.63, 3.8) is 0 Å². The summed E-state index contributed by atoms with van der Waals surface area (Å²) in [6, 6.07) is 1.53. The number of rotatable bonds is 2. The molecule has 1 atom stereocenters. The fourth-order valence-electron chi connectivity index (χ4n) is 0.882. The van der Waals surface area contributed by atoms with Gasteiger partial charge < -0.3 is 17.2 Å². The maximum atomic E-state index is 5.73. The molecule has 0 aliphatic heterocycles. The molecule has 0 spiro atoms. The van der Waals surface area contributed by atoms with E-state index in [-0.39, 0.29) is 6.04 Å². The molecule has 0 aliphatic rings. The lowest BCUT2D eigenvalue weighted by Gasteiger charge is -2.10. The van der Waals surface area contributed by atoms with E-state index in [1.807, 2.05) is 0 Å². The Kier molecular flexibility index (Phi) is 3.02. The van der Waals surface area contributed by atoms with Gasteiger partial charge in [-0.25, -0.2) is 4.98 Å². The number of hydrogen-bond donors (Lipinski definition) is 3. The summed E-state index contributed by atoms with van der Waals surface area (Å²) in [6.45, 7) is 0.391. The maximum absolute atomic E-state index is 5.73. The van der Waals surface area contributed by atoms with Crippen molar-refractivity contribution in [2.24, 2.45) is 11.5 Å². The first-order valence-electron chi connectivity index (χ1n) is 3.51. The molecule has 1 aromatic rings. The average molecular weight is 231 g/mol. The summed E-state index contributed by atoms with van der Waals surface area (Å²) in [7, 11) is 0. The Bertz CT molecular complexity index is 276. The normalized spacial score (nSPS) is 12.9. The molecule has 12 heavy (non-hydrogen) atoms. The third-order valence-electron chi connectivity index (χ3n) is 1.56. The molecule has 1 rings (SSSR count). The van der Waals surface area contributed by atoms with Crippen molar-refractivity contribution in [3.8, 4) is 0 Å². The Labute approximate surface area is 79.3 Å². The van der Waals surface area contributed by atoms with Gasteiger partial charge in [0.25, 0.3) is 0 Å². The van der Waals surface area contributed by atoms with Gasteiger partial charge in [0.1, 0.15) is 5.82 Å². The molecule has 1 aromatic heterocycles. The Balaban J connectivity index is 3.04. The highest BCUT2D eigenvalue weighted by molar-refractivity contribution is 9.10. The summed E-state index contributed by atoms with van der Waals surface area (Å²) in [5.41, 5.74) is 17.5. The fourth-order valence-corrected chi connectivity index (χ4v) is 1.39. The van der Waals surface area contributed by atoms with Gasteiger partial charge in [-0.2, -0.15) is 0 Å². The minimum absolute atomic E-state index is 0.190. The van der Waals surface area contributed by atoms with Crippen molar-refractivity contribution in [2.75, 3.05) is 12.3 Å². The smallest absolute Gasteiger partial charge is 0.123 e. The molecular formula is C7H11BrN4. The number of nitrogens with zero attached hydrogens (tertiary/aromatic N) is 1. The van der Waals surface area contributed by atoms with Crippen molar-refractivity contribution in [1.29, 1.82) is 0 Å². The predicted molar refractivity (Wildman–Crippen MR) is 52.3 cm³/mol. The summed E-state index contributed by atoms with van der Waals surface area (Å²) >= 11 is 3.32. The molecule has 0 saturated heterocycles. The molecule has 0 radical (unpaired) electrons. The van der Waals surface area contributed by atoms with E-state index >= 15 is 0 Å². The number of hydrogen-bond acceptors (Lipinski definition) is 4. The Morgan fingerprint density at radius 1 is 1.58 bits per heavy atom. The molecular weight excluding hydrogens is 220 g/mol. The van der Waals surface area contributed by atoms with Crippen molar-refractivity contribution >= 4 is 21.7 Å². The van der Waals surface area contributed by atoms with Gasteiger partial charge in [-0.1, -0.05) is 0 Å². The molecule has 0 amide bonds. The number of nitrogens with two attached hydrogens (primary N) is 3. The molecule has 1 heterocycles. The molecule has 0 bridgehead atoms. The van der Waals surface area contributed by atoms with Crippen LogP contribution < -0.4 is 17.2 Å². The van der Waals surface area contributed by atoms with Gasteiger partial charge in [-0.05, 0) is 27.6 Å². The van der Waals surface area contributed by atoms with E-state index in [1.165, 1.54) is 0 Å². The van der Waals surface area contributed by atoms with E-state index in [4.69, 9.17) is 17.2 Å². The van der Waals surface area contributed by atoms with Gasteiger partial charge in [-0.3, -0.25) is 0 Å². The zero-order chi connectivity index (χ0) is 9.14. The Morgan fingerprint density at radius 2 is 2.25 bits per heavy atom. The first-order valence-corrected chi connectivity index (χ1v) is 4.31. The van der Waals surface area contributed by atoms with Gasteiger partial charge in [0.2, 0.25) is 0 Å². The Morgan fingerprint density at radius 3 is 2.83 bits per heavy atom. The average Bonchev–Trinajstić information content (AvgIpc) is 2.08. The van der Waals surface area contributed by atoms with Crippen LogP contribution in [-0.2, 0) is 0 Å². The van der Waals surface area contributed by atoms with Crippen LogP contribution in [0.15, 0.2) is 16.7 Å². The molecule has 6 N–H and O–H groups in total. The van der Waals surface area contributed by atoms with Crippen molar-refractivity contribution in [2.45, 2.75) is 6.04 Å². The topological polar surface area (TPSA) is 91.0 Å². The van der Waals surface area contributed by atoms with Crippen molar-refractivity contribution in [3.05, 3.63) is 22.3 Å². The SMILES string of the molecule is NCC(N)c1cc(N)ncc1Br. The molecule has 5 heteroatoms. The van der Waals surface area contributed by atoms with Crippen LogP contribution in [0.1, 0.15) is 11.6 Å². The van der Waals surface area contributed by atoms with Crippen LogP contribution in [0.3, 0.4) is 0 Å². The quantitative estimate of drug-likeness (QED) is 0.686. The third kappa shape index (κ3) is 1.94. The largest absolute Gasteiger partial charge is 0.384 e. The highest BCUT2D eigenvalue weighted by atomic mass is 79.9. The second-order valence-electron chi connectivity index (χ2n) is 2.47. The molecule has 1 unspecified atom stereocenters. The van der Waals surface area contributed by atoms with E-state index in [9.17, 15) is 0 Å². The van der Waals surface area contributed by atoms with E-state index in [0.29, 0.717) is 12.4 Å². The second-order valence-corrected chi connectivity index (χ2v) is 3.33. The number of pyridine rings is 1. The molecule has 0 fully saturated rings. The highest BCUT2D eigenvalue weighted by Crippen LogP contribution is 2.21. The van der Waals surface area contributed by atoms with Crippen LogP contribution in [0, 0.1) is 0 Å². The number of anilines is 1. The molecule has 4 nitrogen and oxygen atoms in total.